The predicted molar refractivity (Wildman–Crippen MR) is 80.1 cm³/mol. The van der Waals surface area contributed by atoms with Crippen LogP contribution in [-0.4, -0.2) is 55.6 Å². The molecule has 3 N–H and O–H groups in total. The van der Waals surface area contributed by atoms with Gasteiger partial charge in [0, 0.05) is 42.3 Å². The molecular formula is C14H22ClFN4. The highest BCUT2D eigenvalue weighted by atomic mass is 35.5. The van der Waals surface area contributed by atoms with Crippen molar-refractivity contribution < 1.29 is 4.39 Å². The minimum atomic E-state index is -0.274. The molecule has 4 nitrogen and oxygen atoms in total. The molecule has 1 heterocycles. The maximum Gasteiger partial charge on any atom is 0.127 e. The lowest BCUT2D eigenvalue weighted by Crippen LogP contribution is -2.60. The number of halogens is 2. The Morgan fingerprint density at radius 2 is 2.20 bits per heavy atom. The van der Waals surface area contributed by atoms with Gasteiger partial charge in [-0.1, -0.05) is 17.7 Å². The smallest absolute Gasteiger partial charge is 0.127 e. The first-order valence-corrected chi connectivity index (χ1v) is 7.18. The molecule has 0 aromatic heterocycles. The summed E-state index contributed by atoms with van der Waals surface area (Å²) in [6, 6.07) is 4.95. The van der Waals surface area contributed by atoms with E-state index in [0.29, 0.717) is 17.0 Å². The van der Waals surface area contributed by atoms with E-state index in [0.717, 1.165) is 19.6 Å². The summed E-state index contributed by atoms with van der Waals surface area (Å²) in [5.74, 6) is 5.43. The third-order valence-corrected chi connectivity index (χ3v) is 4.42. The van der Waals surface area contributed by atoms with Gasteiger partial charge in [0.2, 0.25) is 0 Å². The highest BCUT2D eigenvalue weighted by molar-refractivity contribution is 6.31. The molecule has 1 aliphatic heterocycles. The first kappa shape index (κ1) is 15.7. The van der Waals surface area contributed by atoms with Crippen molar-refractivity contribution in [3.63, 3.8) is 0 Å². The van der Waals surface area contributed by atoms with Crippen LogP contribution in [0.15, 0.2) is 18.2 Å². The fourth-order valence-corrected chi connectivity index (χ4v) is 2.97. The summed E-state index contributed by atoms with van der Waals surface area (Å²) in [6.07, 6.45) is 0.477. The maximum atomic E-state index is 13.9. The molecule has 0 bridgehead atoms. The fraction of sp³-hybridized carbons (Fsp3) is 0.571. The summed E-state index contributed by atoms with van der Waals surface area (Å²) in [7, 11) is 4.16. The molecule has 6 heteroatoms. The van der Waals surface area contributed by atoms with Gasteiger partial charge in [0.1, 0.15) is 5.82 Å². The minimum Gasteiger partial charge on any atom is -0.303 e. The zero-order valence-electron chi connectivity index (χ0n) is 11.9. The lowest BCUT2D eigenvalue weighted by molar-refractivity contribution is 0.0875. The normalized spacial score (nSPS) is 22.9. The number of nitrogens with one attached hydrogen (secondary N) is 1. The minimum absolute atomic E-state index is 0.0443. The first-order chi connectivity index (χ1) is 9.52. The van der Waals surface area contributed by atoms with Crippen LogP contribution in [-0.2, 0) is 6.42 Å². The molecule has 1 aromatic carbocycles. The van der Waals surface area contributed by atoms with E-state index in [1.807, 2.05) is 0 Å². The van der Waals surface area contributed by atoms with Crippen LogP contribution in [0, 0.1) is 5.82 Å². The zero-order valence-corrected chi connectivity index (χ0v) is 12.7. The third-order valence-electron chi connectivity index (χ3n) is 4.06. The number of nitrogens with zero attached hydrogens (tertiary/aromatic N) is 2. The number of hydrogen-bond acceptors (Lipinski definition) is 4. The van der Waals surface area contributed by atoms with Crippen LogP contribution in [0.5, 0.6) is 0 Å². The average molecular weight is 301 g/mol. The van der Waals surface area contributed by atoms with E-state index in [1.54, 1.807) is 12.1 Å². The van der Waals surface area contributed by atoms with Crippen LogP contribution in [0.2, 0.25) is 5.02 Å². The van der Waals surface area contributed by atoms with Crippen molar-refractivity contribution in [1.82, 2.24) is 15.2 Å². The van der Waals surface area contributed by atoms with Crippen LogP contribution in [0.3, 0.4) is 0 Å². The van der Waals surface area contributed by atoms with E-state index in [9.17, 15) is 4.39 Å². The van der Waals surface area contributed by atoms with Crippen molar-refractivity contribution in [3.8, 4) is 0 Å². The van der Waals surface area contributed by atoms with Gasteiger partial charge >= 0.3 is 0 Å². The van der Waals surface area contributed by atoms with Crippen LogP contribution in [0.1, 0.15) is 5.56 Å². The maximum absolute atomic E-state index is 13.9. The first-order valence-electron chi connectivity index (χ1n) is 6.80. The molecule has 0 spiro atoms. The highest BCUT2D eigenvalue weighted by Crippen LogP contribution is 2.22. The van der Waals surface area contributed by atoms with Gasteiger partial charge in [0.25, 0.3) is 0 Å². The van der Waals surface area contributed by atoms with Gasteiger partial charge in [-0.25, -0.2) is 4.39 Å². The molecule has 1 aromatic rings. The van der Waals surface area contributed by atoms with Gasteiger partial charge in [-0.2, -0.15) is 0 Å². The van der Waals surface area contributed by atoms with Crippen LogP contribution in [0.25, 0.3) is 0 Å². The number of benzene rings is 1. The van der Waals surface area contributed by atoms with E-state index in [-0.39, 0.29) is 17.9 Å². The topological polar surface area (TPSA) is 44.5 Å². The second-order valence-electron chi connectivity index (χ2n) is 5.49. The molecule has 0 radical (unpaired) electrons. The Hall–Kier alpha value is -0.720. The van der Waals surface area contributed by atoms with Gasteiger partial charge in [-0.15, -0.1) is 0 Å². The lowest BCUT2D eigenvalue weighted by atomic mass is 9.96. The van der Waals surface area contributed by atoms with Crippen LogP contribution >= 0.6 is 11.6 Å². The summed E-state index contributed by atoms with van der Waals surface area (Å²) in [6.45, 7) is 2.91. The molecule has 1 fully saturated rings. The monoisotopic (exact) mass is 300 g/mol. The highest BCUT2D eigenvalue weighted by Gasteiger charge is 2.30. The summed E-state index contributed by atoms with van der Waals surface area (Å²) >= 11 is 6.10. The summed E-state index contributed by atoms with van der Waals surface area (Å²) < 4.78 is 13.9. The van der Waals surface area contributed by atoms with Crippen molar-refractivity contribution in [2.24, 2.45) is 5.84 Å². The number of hydrogen-bond donors (Lipinski definition) is 2. The molecule has 0 aliphatic carbocycles. The van der Waals surface area contributed by atoms with E-state index in [4.69, 9.17) is 17.4 Å². The summed E-state index contributed by atoms with van der Waals surface area (Å²) in [5.41, 5.74) is 3.36. The number of nitrogens with two attached hydrogens (primary N) is 1. The van der Waals surface area contributed by atoms with E-state index < -0.39 is 0 Å². The summed E-state index contributed by atoms with van der Waals surface area (Å²) in [5, 5.41) is 0.456. The number of rotatable bonds is 4. The molecule has 1 aliphatic rings. The molecule has 2 atom stereocenters. The quantitative estimate of drug-likeness (QED) is 0.646. The van der Waals surface area contributed by atoms with Crippen LogP contribution in [0.4, 0.5) is 4.39 Å². The summed E-state index contributed by atoms with van der Waals surface area (Å²) in [4.78, 5) is 4.53. The van der Waals surface area contributed by atoms with Gasteiger partial charge < -0.3 is 4.90 Å². The SMILES string of the molecule is CN1CCN(C)C(C(Cc2c(F)cccc2Cl)NN)C1. The molecule has 0 amide bonds. The Labute approximate surface area is 124 Å². The Bertz CT molecular complexity index is 437. The molecule has 112 valence electrons. The fourth-order valence-electron chi connectivity index (χ4n) is 2.73. The van der Waals surface area contributed by atoms with Gasteiger partial charge in [0.15, 0.2) is 0 Å². The largest absolute Gasteiger partial charge is 0.303 e. The third kappa shape index (κ3) is 3.48. The second kappa shape index (κ2) is 6.83. The molecule has 20 heavy (non-hydrogen) atoms. The van der Waals surface area contributed by atoms with Gasteiger partial charge in [0.05, 0.1) is 0 Å². The van der Waals surface area contributed by atoms with Gasteiger partial charge in [-0.05, 0) is 32.6 Å². The molecule has 1 saturated heterocycles. The number of hydrazine groups is 1. The van der Waals surface area contributed by atoms with E-state index in [2.05, 4.69) is 29.3 Å². The zero-order chi connectivity index (χ0) is 14.7. The molecule has 2 unspecified atom stereocenters. The lowest BCUT2D eigenvalue weighted by Gasteiger charge is -2.41. The van der Waals surface area contributed by atoms with Crippen molar-refractivity contribution in [2.45, 2.75) is 18.5 Å². The molecule has 2 rings (SSSR count). The van der Waals surface area contributed by atoms with Crippen molar-refractivity contribution >= 4 is 11.6 Å². The van der Waals surface area contributed by atoms with Gasteiger partial charge in [-0.3, -0.25) is 16.2 Å². The van der Waals surface area contributed by atoms with Crippen molar-refractivity contribution in [2.75, 3.05) is 33.7 Å². The predicted octanol–water partition coefficient (Wildman–Crippen LogP) is 1.10. The van der Waals surface area contributed by atoms with E-state index in [1.165, 1.54) is 6.07 Å². The Morgan fingerprint density at radius 3 is 2.85 bits per heavy atom. The number of piperazine rings is 1. The van der Waals surface area contributed by atoms with E-state index >= 15 is 0 Å². The van der Waals surface area contributed by atoms with Crippen LogP contribution < -0.4 is 11.3 Å². The Kier molecular flexibility index (Phi) is 5.35. The molecular weight excluding hydrogens is 279 g/mol. The molecule has 0 saturated carbocycles. The standard InChI is InChI=1S/C14H22ClFN4/c1-19-6-7-20(2)14(9-19)13(18-17)8-10-11(15)4-3-5-12(10)16/h3-5,13-14,18H,6-9,17H2,1-2H3. The average Bonchev–Trinajstić information content (AvgIpc) is 2.42. The Morgan fingerprint density at radius 1 is 1.45 bits per heavy atom. The van der Waals surface area contributed by atoms with Crippen molar-refractivity contribution in [1.29, 1.82) is 0 Å². The number of likely N-dealkylation sites (N-methyl/N-ethyl adjacent to an activating group) is 2. The second-order valence-corrected chi connectivity index (χ2v) is 5.89. The Balaban J connectivity index is 2.16. The van der Waals surface area contributed by atoms with Crippen molar-refractivity contribution in [3.05, 3.63) is 34.6 Å².